The van der Waals surface area contributed by atoms with E-state index in [4.69, 9.17) is 4.52 Å². The van der Waals surface area contributed by atoms with Gasteiger partial charge in [0.15, 0.2) is 6.33 Å². The Morgan fingerprint density at radius 1 is 0.765 bits per heavy atom. The molecular weight excluding hydrogens is 212 g/mol. The van der Waals surface area contributed by atoms with Crippen LogP contribution in [0.25, 0.3) is 22.6 Å². The van der Waals surface area contributed by atoms with Gasteiger partial charge in [-0.25, -0.2) is 0 Å². The molecule has 1 aromatic heterocycles. The van der Waals surface area contributed by atoms with E-state index in [1.54, 1.807) is 0 Å². The fraction of sp³-hybridized carbons (Fsp3) is 0. The molecule has 0 spiro atoms. The van der Waals surface area contributed by atoms with Crippen LogP contribution in [0.1, 0.15) is 0 Å². The summed E-state index contributed by atoms with van der Waals surface area (Å²) in [7, 11) is 0. The Balaban J connectivity index is 2.18. The van der Waals surface area contributed by atoms with Crippen molar-refractivity contribution in [2.75, 3.05) is 0 Å². The van der Waals surface area contributed by atoms with Gasteiger partial charge in [0.25, 0.3) is 5.89 Å². The Kier molecular flexibility index (Phi) is 2.43. The Morgan fingerprint density at radius 3 is 2.18 bits per heavy atom. The molecule has 3 aromatic rings. The highest BCUT2D eigenvalue weighted by Crippen LogP contribution is 2.30. The number of rotatable bonds is 2. The fourth-order valence-electron chi connectivity index (χ4n) is 1.83. The lowest BCUT2D eigenvalue weighted by atomic mass is 10.00. The normalized spacial score (nSPS) is 10.4. The van der Waals surface area contributed by atoms with Crippen LogP contribution in [0.3, 0.4) is 0 Å². The van der Waals surface area contributed by atoms with Crippen molar-refractivity contribution in [1.29, 1.82) is 0 Å². The predicted molar refractivity (Wildman–Crippen MR) is 65.2 cm³/mol. The molecule has 0 aliphatic rings. The molecule has 1 heterocycles. The van der Waals surface area contributed by atoms with Gasteiger partial charge in [-0.2, -0.15) is 4.98 Å². The van der Waals surface area contributed by atoms with E-state index in [-0.39, 0.29) is 0 Å². The van der Waals surface area contributed by atoms with E-state index >= 15 is 0 Å². The Hall–Kier alpha value is -2.42. The molecule has 17 heavy (non-hydrogen) atoms. The van der Waals surface area contributed by atoms with Crippen LogP contribution in [0, 0.1) is 0 Å². The van der Waals surface area contributed by atoms with E-state index in [1.807, 2.05) is 36.4 Å². The van der Waals surface area contributed by atoms with Gasteiger partial charge in [-0.1, -0.05) is 53.7 Å². The zero-order valence-electron chi connectivity index (χ0n) is 9.08. The monoisotopic (exact) mass is 222 g/mol. The summed E-state index contributed by atoms with van der Waals surface area (Å²) in [5.41, 5.74) is 3.19. The lowest BCUT2D eigenvalue weighted by Crippen LogP contribution is -1.84. The van der Waals surface area contributed by atoms with Gasteiger partial charge in [0.1, 0.15) is 0 Å². The van der Waals surface area contributed by atoms with Gasteiger partial charge in [-0.05, 0) is 17.2 Å². The van der Waals surface area contributed by atoms with Crippen LogP contribution in [-0.2, 0) is 0 Å². The number of benzene rings is 2. The summed E-state index contributed by atoms with van der Waals surface area (Å²) in [6.45, 7) is 0. The van der Waals surface area contributed by atoms with E-state index in [9.17, 15) is 0 Å². The molecule has 0 N–H and O–H groups in total. The van der Waals surface area contributed by atoms with Crippen molar-refractivity contribution in [3.8, 4) is 22.6 Å². The summed E-state index contributed by atoms with van der Waals surface area (Å²) in [5, 5.41) is 3.65. The van der Waals surface area contributed by atoms with Gasteiger partial charge >= 0.3 is 0 Å². The first-order valence-electron chi connectivity index (χ1n) is 5.36. The number of nitrogens with zero attached hydrogens (tertiary/aromatic N) is 2. The summed E-state index contributed by atoms with van der Waals surface area (Å²) in [4.78, 5) is 4.09. The molecule has 0 saturated carbocycles. The second-order valence-corrected chi connectivity index (χ2v) is 3.66. The molecule has 82 valence electrons. The van der Waals surface area contributed by atoms with Crippen LogP contribution in [0.2, 0.25) is 0 Å². The zero-order valence-corrected chi connectivity index (χ0v) is 9.08. The molecule has 0 bridgehead atoms. The van der Waals surface area contributed by atoms with Gasteiger partial charge in [0, 0.05) is 5.56 Å². The van der Waals surface area contributed by atoms with Gasteiger partial charge in [-0.3, -0.25) is 0 Å². The molecule has 3 heteroatoms. The van der Waals surface area contributed by atoms with Crippen molar-refractivity contribution in [2.24, 2.45) is 0 Å². The fourth-order valence-corrected chi connectivity index (χ4v) is 1.83. The minimum Gasteiger partial charge on any atom is -0.334 e. The first-order chi connectivity index (χ1) is 8.45. The second kappa shape index (κ2) is 4.22. The SMILES string of the molecule is c1ccc(-c2ccccc2-c2ncno2)cc1. The third-order valence-electron chi connectivity index (χ3n) is 2.60. The van der Waals surface area contributed by atoms with Crippen LogP contribution in [-0.4, -0.2) is 10.1 Å². The zero-order chi connectivity index (χ0) is 11.5. The quantitative estimate of drug-likeness (QED) is 0.667. The van der Waals surface area contributed by atoms with Crippen LogP contribution < -0.4 is 0 Å². The highest BCUT2D eigenvalue weighted by atomic mass is 16.5. The van der Waals surface area contributed by atoms with Crippen molar-refractivity contribution < 1.29 is 4.52 Å². The Bertz CT molecular complexity index is 603. The molecule has 3 rings (SSSR count). The Morgan fingerprint density at radius 2 is 1.47 bits per heavy atom. The number of hydrogen-bond acceptors (Lipinski definition) is 3. The van der Waals surface area contributed by atoms with Crippen molar-refractivity contribution in [3.63, 3.8) is 0 Å². The largest absolute Gasteiger partial charge is 0.334 e. The van der Waals surface area contributed by atoms with E-state index in [0.717, 1.165) is 16.7 Å². The first-order valence-corrected chi connectivity index (χ1v) is 5.36. The van der Waals surface area contributed by atoms with E-state index in [2.05, 4.69) is 28.3 Å². The van der Waals surface area contributed by atoms with E-state index < -0.39 is 0 Å². The molecular formula is C14H10N2O. The lowest BCUT2D eigenvalue weighted by Gasteiger charge is -2.05. The van der Waals surface area contributed by atoms with Crippen LogP contribution in [0.4, 0.5) is 0 Å². The standard InChI is InChI=1S/C14H10N2O/c1-2-6-11(7-3-1)12-8-4-5-9-13(12)14-15-10-16-17-14/h1-10H. The number of aromatic nitrogens is 2. The minimum atomic E-state index is 0.546. The molecule has 2 aromatic carbocycles. The van der Waals surface area contributed by atoms with E-state index in [0.29, 0.717) is 5.89 Å². The van der Waals surface area contributed by atoms with Gasteiger partial charge in [0.05, 0.1) is 0 Å². The highest BCUT2D eigenvalue weighted by Gasteiger charge is 2.10. The molecule has 0 amide bonds. The van der Waals surface area contributed by atoms with Gasteiger partial charge < -0.3 is 4.52 Å². The molecule has 0 unspecified atom stereocenters. The summed E-state index contributed by atoms with van der Waals surface area (Å²) >= 11 is 0. The molecule has 0 aliphatic heterocycles. The topological polar surface area (TPSA) is 38.9 Å². The minimum absolute atomic E-state index is 0.546. The van der Waals surface area contributed by atoms with Crippen LogP contribution in [0.5, 0.6) is 0 Å². The predicted octanol–water partition coefficient (Wildman–Crippen LogP) is 3.40. The summed E-state index contributed by atoms with van der Waals surface area (Å²) in [5.74, 6) is 0.546. The van der Waals surface area contributed by atoms with E-state index in [1.165, 1.54) is 6.33 Å². The lowest BCUT2D eigenvalue weighted by molar-refractivity contribution is 0.430. The third-order valence-corrected chi connectivity index (χ3v) is 2.60. The summed E-state index contributed by atoms with van der Waals surface area (Å²) in [6.07, 6.45) is 1.41. The van der Waals surface area contributed by atoms with Gasteiger partial charge in [0.2, 0.25) is 0 Å². The first kappa shape index (κ1) is 9.78. The summed E-state index contributed by atoms with van der Waals surface area (Å²) in [6, 6.07) is 18.2. The molecule has 3 nitrogen and oxygen atoms in total. The maximum absolute atomic E-state index is 5.12. The Labute approximate surface area is 98.7 Å². The van der Waals surface area contributed by atoms with Crippen molar-refractivity contribution >= 4 is 0 Å². The third kappa shape index (κ3) is 1.83. The second-order valence-electron chi connectivity index (χ2n) is 3.66. The van der Waals surface area contributed by atoms with Crippen molar-refractivity contribution in [1.82, 2.24) is 10.1 Å². The molecule has 0 fully saturated rings. The smallest absolute Gasteiger partial charge is 0.258 e. The molecule has 0 saturated heterocycles. The van der Waals surface area contributed by atoms with Crippen LogP contribution in [0.15, 0.2) is 65.4 Å². The average Bonchev–Trinajstić information content (AvgIpc) is 2.94. The van der Waals surface area contributed by atoms with Crippen molar-refractivity contribution in [3.05, 3.63) is 60.9 Å². The van der Waals surface area contributed by atoms with Crippen LogP contribution >= 0.6 is 0 Å². The average molecular weight is 222 g/mol. The highest BCUT2D eigenvalue weighted by molar-refractivity contribution is 5.79. The number of hydrogen-bond donors (Lipinski definition) is 0. The van der Waals surface area contributed by atoms with Gasteiger partial charge in [-0.15, -0.1) is 0 Å². The molecule has 0 aliphatic carbocycles. The molecule has 0 radical (unpaired) electrons. The van der Waals surface area contributed by atoms with Crippen molar-refractivity contribution in [2.45, 2.75) is 0 Å². The summed E-state index contributed by atoms with van der Waals surface area (Å²) < 4.78 is 5.12. The maximum Gasteiger partial charge on any atom is 0.258 e. The maximum atomic E-state index is 5.12. The molecule has 0 atom stereocenters.